The normalized spacial score (nSPS) is 10.4. The summed E-state index contributed by atoms with van der Waals surface area (Å²) in [5, 5.41) is 15.8. The van der Waals surface area contributed by atoms with Gasteiger partial charge < -0.3 is 10.4 Å². The topological polar surface area (TPSA) is 67.2 Å². The lowest BCUT2D eigenvalue weighted by Gasteiger charge is -2.09. The van der Waals surface area contributed by atoms with Gasteiger partial charge in [-0.15, -0.1) is 0 Å². The number of aliphatic hydroxyl groups excluding tert-OH is 1. The minimum atomic E-state index is -0.373. The van der Waals surface area contributed by atoms with Crippen molar-refractivity contribution in [3.8, 4) is 5.69 Å². The predicted octanol–water partition coefficient (Wildman–Crippen LogP) is 1.68. The molecule has 19 heavy (non-hydrogen) atoms. The summed E-state index contributed by atoms with van der Waals surface area (Å²) in [4.78, 5) is 12.1. The minimum Gasteiger partial charge on any atom is -0.396 e. The van der Waals surface area contributed by atoms with E-state index in [1.165, 1.54) is 10.9 Å². The molecule has 100 valence electrons. The van der Waals surface area contributed by atoms with Crippen LogP contribution in [0.5, 0.6) is 0 Å². The van der Waals surface area contributed by atoms with Crippen molar-refractivity contribution in [2.75, 3.05) is 18.5 Å². The molecule has 0 aliphatic carbocycles. The van der Waals surface area contributed by atoms with Crippen molar-refractivity contribution in [3.63, 3.8) is 0 Å². The van der Waals surface area contributed by atoms with E-state index >= 15 is 0 Å². The van der Waals surface area contributed by atoms with E-state index in [0.29, 0.717) is 24.3 Å². The third-order valence-corrected chi connectivity index (χ3v) is 2.94. The Labute approximate surface area is 115 Å². The van der Waals surface area contributed by atoms with Crippen molar-refractivity contribution in [1.82, 2.24) is 9.78 Å². The molecule has 0 atom stereocenters. The maximum Gasteiger partial charge on any atom is 0.292 e. The Balaban J connectivity index is 2.30. The summed E-state index contributed by atoms with van der Waals surface area (Å²) in [7, 11) is 0. The second-order valence-corrected chi connectivity index (χ2v) is 4.31. The molecule has 0 radical (unpaired) electrons. The summed E-state index contributed by atoms with van der Waals surface area (Å²) in [5.74, 6) is 0. The van der Waals surface area contributed by atoms with Crippen molar-refractivity contribution in [2.45, 2.75) is 6.42 Å². The molecule has 0 saturated heterocycles. The third kappa shape index (κ3) is 3.13. The third-order valence-electron chi connectivity index (χ3n) is 2.57. The number of aliphatic hydroxyl groups is 1. The largest absolute Gasteiger partial charge is 0.396 e. The highest BCUT2D eigenvalue weighted by atomic mass is 35.5. The first-order chi connectivity index (χ1) is 9.24. The molecule has 0 fully saturated rings. The molecule has 1 aromatic carbocycles. The summed E-state index contributed by atoms with van der Waals surface area (Å²) in [6, 6.07) is 9.07. The van der Waals surface area contributed by atoms with Gasteiger partial charge in [-0.3, -0.25) is 4.79 Å². The lowest BCUT2D eigenvalue weighted by molar-refractivity contribution is 0.292. The molecular weight excluding hydrogens is 266 g/mol. The Morgan fingerprint density at radius 2 is 2.05 bits per heavy atom. The molecule has 1 heterocycles. The summed E-state index contributed by atoms with van der Waals surface area (Å²) >= 11 is 6.03. The van der Waals surface area contributed by atoms with Gasteiger partial charge in [0.05, 0.1) is 17.6 Å². The van der Waals surface area contributed by atoms with Crippen LogP contribution in [0.15, 0.2) is 41.3 Å². The van der Waals surface area contributed by atoms with Crippen LogP contribution in [0.25, 0.3) is 5.69 Å². The van der Waals surface area contributed by atoms with Crippen molar-refractivity contribution in [1.29, 1.82) is 0 Å². The number of rotatable bonds is 5. The van der Waals surface area contributed by atoms with Gasteiger partial charge in [0.25, 0.3) is 5.56 Å². The van der Waals surface area contributed by atoms with Gasteiger partial charge in [-0.2, -0.15) is 9.78 Å². The zero-order chi connectivity index (χ0) is 13.7. The molecule has 0 unspecified atom stereocenters. The zero-order valence-corrected chi connectivity index (χ0v) is 11.0. The summed E-state index contributed by atoms with van der Waals surface area (Å²) < 4.78 is 1.25. The molecular formula is C13H14ClN3O2. The summed E-state index contributed by atoms with van der Waals surface area (Å²) in [6.07, 6.45) is 2.09. The second kappa shape index (κ2) is 6.36. The maximum atomic E-state index is 12.1. The molecule has 2 N–H and O–H groups in total. The van der Waals surface area contributed by atoms with Crippen molar-refractivity contribution in [2.24, 2.45) is 0 Å². The van der Waals surface area contributed by atoms with Crippen LogP contribution in [-0.2, 0) is 0 Å². The highest BCUT2D eigenvalue weighted by molar-refractivity contribution is 6.32. The van der Waals surface area contributed by atoms with Crippen LogP contribution in [0.3, 0.4) is 0 Å². The molecule has 0 spiro atoms. The van der Waals surface area contributed by atoms with Crippen molar-refractivity contribution in [3.05, 3.63) is 51.9 Å². The van der Waals surface area contributed by atoms with E-state index in [1.807, 2.05) is 18.2 Å². The standard InChI is InChI=1S/C13H14ClN3O2/c14-12-11(15-7-4-8-18)9-16-17(13(12)19)10-5-2-1-3-6-10/h1-3,5-6,9,15,18H,4,7-8H2. The van der Waals surface area contributed by atoms with E-state index in [2.05, 4.69) is 10.4 Å². The Kier molecular flexibility index (Phi) is 4.54. The van der Waals surface area contributed by atoms with Gasteiger partial charge in [-0.25, -0.2) is 0 Å². The summed E-state index contributed by atoms with van der Waals surface area (Å²) in [6.45, 7) is 0.617. The van der Waals surface area contributed by atoms with Gasteiger partial charge >= 0.3 is 0 Å². The molecule has 0 saturated carbocycles. The van der Waals surface area contributed by atoms with E-state index in [1.54, 1.807) is 12.1 Å². The Hall–Kier alpha value is -1.85. The number of nitrogens with one attached hydrogen (secondary N) is 1. The van der Waals surface area contributed by atoms with E-state index in [4.69, 9.17) is 16.7 Å². The van der Waals surface area contributed by atoms with Gasteiger partial charge in [0.2, 0.25) is 0 Å². The highest BCUT2D eigenvalue weighted by Crippen LogP contribution is 2.16. The van der Waals surface area contributed by atoms with Crippen LogP contribution < -0.4 is 10.9 Å². The molecule has 0 aliphatic heterocycles. The monoisotopic (exact) mass is 279 g/mol. The fraction of sp³-hybridized carbons (Fsp3) is 0.231. The van der Waals surface area contributed by atoms with Gasteiger partial charge in [-0.1, -0.05) is 29.8 Å². The zero-order valence-electron chi connectivity index (χ0n) is 10.2. The van der Waals surface area contributed by atoms with Crippen LogP contribution in [-0.4, -0.2) is 28.0 Å². The number of aromatic nitrogens is 2. The molecule has 2 rings (SSSR count). The van der Waals surface area contributed by atoms with E-state index in [-0.39, 0.29) is 17.2 Å². The Morgan fingerprint density at radius 1 is 1.32 bits per heavy atom. The second-order valence-electron chi connectivity index (χ2n) is 3.93. The Morgan fingerprint density at radius 3 is 2.74 bits per heavy atom. The lowest BCUT2D eigenvalue weighted by atomic mass is 10.3. The van der Waals surface area contributed by atoms with Gasteiger partial charge in [0.15, 0.2) is 0 Å². The maximum absolute atomic E-state index is 12.1. The first-order valence-corrected chi connectivity index (χ1v) is 6.30. The summed E-state index contributed by atoms with van der Waals surface area (Å²) in [5.41, 5.74) is 0.769. The first kappa shape index (κ1) is 13.6. The van der Waals surface area contributed by atoms with Gasteiger partial charge in [-0.05, 0) is 18.6 Å². The molecule has 0 aliphatic rings. The number of anilines is 1. The number of benzene rings is 1. The van der Waals surface area contributed by atoms with E-state index < -0.39 is 0 Å². The first-order valence-electron chi connectivity index (χ1n) is 5.92. The van der Waals surface area contributed by atoms with E-state index in [9.17, 15) is 4.79 Å². The molecule has 0 amide bonds. The number of hydrogen-bond acceptors (Lipinski definition) is 4. The number of para-hydroxylation sites is 1. The number of halogens is 1. The molecule has 5 nitrogen and oxygen atoms in total. The average Bonchev–Trinajstić information content (AvgIpc) is 2.45. The van der Waals surface area contributed by atoms with Gasteiger partial charge in [0, 0.05) is 13.2 Å². The van der Waals surface area contributed by atoms with Crippen LogP contribution in [0, 0.1) is 0 Å². The lowest BCUT2D eigenvalue weighted by Crippen LogP contribution is -2.22. The highest BCUT2D eigenvalue weighted by Gasteiger charge is 2.09. The molecule has 1 aromatic heterocycles. The van der Waals surface area contributed by atoms with Crippen LogP contribution >= 0.6 is 11.6 Å². The molecule has 6 heteroatoms. The SMILES string of the molecule is O=c1c(Cl)c(NCCCO)cnn1-c1ccccc1. The molecule has 2 aromatic rings. The van der Waals surface area contributed by atoms with Crippen molar-refractivity contribution >= 4 is 17.3 Å². The average molecular weight is 280 g/mol. The fourth-order valence-electron chi connectivity index (χ4n) is 1.61. The predicted molar refractivity (Wildman–Crippen MR) is 75.0 cm³/mol. The van der Waals surface area contributed by atoms with Crippen LogP contribution in [0.2, 0.25) is 5.02 Å². The van der Waals surface area contributed by atoms with Crippen molar-refractivity contribution < 1.29 is 5.11 Å². The molecule has 0 bridgehead atoms. The number of hydrogen-bond donors (Lipinski definition) is 2. The number of nitrogens with zero attached hydrogens (tertiary/aromatic N) is 2. The van der Waals surface area contributed by atoms with Crippen LogP contribution in [0.1, 0.15) is 6.42 Å². The minimum absolute atomic E-state index is 0.0825. The van der Waals surface area contributed by atoms with E-state index in [0.717, 1.165) is 0 Å². The van der Waals surface area contributed by atoms with Gasteiger partial charge in [0.1, 0.15) is 5.02 Å². The Bertz CT molecular complexity index is 599. The fourth-order valence-corrected chi connectivity index (χ4v) is 1.81. The quantitative estimate of drug-likeness (QED) is 0.817. The smallest absolute Gasteiger partial charge is 0.292 e. The van der Waals surface area contributed by atoms with Crippen LogP contribution in [0.4, 0.5) is 5.69 Å².